The monoisotopic (exact) mass is 388 g/mol. The molecular formula is C15H16O12. The third-order valence-corrected chi connectivity index (χ3v) is 2.81. The second kappa shape index (κ2) is 11.0. The smallest absolute Gasteiger partial charge is 0.335 e. The van der Waals surface area contributed by atoms with Crippen LogP contribution in [0.5, 0.6) is 0 Å². The number of rotatable bonds is 5. The van der Waals surface area contributed by atoms with Crippen molar-refractivity contribution in [3.8, 4) is 0 Å². The molecule has 1 atom stereocenters. The molecule has 27 heavy (non-hydrogen) atoms. The quantitative estimate of drug-likeness (QED) is 0.341. The summed E-state index contributed by atoms with van der Waals surface area (Å²) in [6.07, 6.45) is 0.493. The van der Waals surface area contributed by atoms with Gasteiger partial charge in [0.25, 0.3) is 0 Å². The van der Waals surface area contributed by atoms with Gasteiger partial charge in [0.2, 0.25) is 0 Å². The molecule has 1 saturated heterocycles. The third kappa shape index (κ3) is 10.0. The molecule has 0 radical (unpaired) electrons. The van der Waals surface area contributed by atoms with E-state index in [4.69, 9.17) is 20.4 Å². The predicted octanol–water partition coefficient (Wildman–Crippen LogP) is -0.710. The zero-order chi connectivity index (χ0) is 21.1. The maximum Gasteiger partial charge on any atom is 0.335 e. The molecule has 2 rings (SSSR count). The Balaban J connectivity index is 0.000000376. The highest BCUT2D eigenvalue weighted by molar-refractivity contribution is 5.98. The van der Waals surface area contributed by atoms with Crippen molar-refractivity contribution >= 4 is 35.8 Å². The summed E-state index contributed by atoms with van der Waals surface area (Å²) in [4.78, 5) is 60.3. The number of esters is 2. The number of cyclic esters (lactones) is 2. The zero-order valence-corrected chi connectivity index (χ0v) is 13.7. The summed E-state index contributed by atoms with van der Waals surface area (Å²) in [5, 5.41) is 32.6. The molecule has 0 spiro atoms. The second-order valence-electron chi connectivity index (χ2n) is 4.98. The molecule has 0 aromatic rings. The van der Waals surface area contributed by atoms with E-state index in [0.717, 1.165) is 6.08 Å². The SMILES string of the molecule is C=C(CC(=O)O)C(=O)O.O=C1C=C(C(=O)O)CO1.O=C1CC(C(=O)O)CO1. The van der Waals surface area contributed by atoms with Crippen LogP contribution in [0.1, 0.15) is 12.8 Å². The summed E-state index contributed by atoms with van der Waals surface area (Å²) in [6.45, 7) is 2.95. The highest BCUT2D eigenvalue weighted by Crippen LogP contribution is 2.12. The minimum Gasteiger partial charge on any atom is -0.481 e. The first-order chi connectivity index (χ1) is 12.4. The fraction of sp³-hybridized carbons (Fsp3) is 0.333. The van der Waals surface area contributed by atoms with Gasteiger partial charge in [-0.25, -0.2) is 14.4 Å². The van der Waals surface area contributed by atoms with Crippen LogP contribution in [0.15, 0.2) is 23.8 Å². The molecule has 0 aliphatic carbocycles. The number of aliphatic carboxylic acids is 4. The molecular weight excluding hydrogens is 372 g/mol. The summed E-state index contributed by atoms with van der Waals surface area (Å²) < 4.78 is 8.72. The Bertz CT molecular complexity index is 687. The van der Waals surface area contributed by atoms with E-state index in [-0.39, 0.29) is 30.8 Å². The lowest BCUT2D eigenvalue weighted by Crippen LogP contribution is -2.12. The van der Waals surface area contributed by atoms with Crippen molar-refractivity contribution in [2.75, 3.05) is 13.2 Å². The van der Waals surface area contributed by atoms with Crippen LogP contribution in [-0.2, 0) is 38.2 Å². The molecule has 0 bridgehead atoms. The normalized spacial score (nSPS) is 17.0. The number of carboxylic acid groups (broad SMARTS) is 4. The Morgan fingerprint density at radius 1 is 1.07 bits per heavy atom. The maximum absolute atomic E-state index is 10.3. The summed E-state index contributed by atoms with van der Waals surface area (Å²) in [5.74, 6) is -6.10. The van der Waals surface area contributed by atoms with Gasteiger partial charge in [-0.2, -0.15) is 0 Å². The first-order valence-electron chi connectivity index (χ1n) is 7.06. The summed E-state index contributed by atoms with van der Waals surface area (Å²) in [7, 11) is 0. The van der Waals surface area contributed by atoms with Crippen molar-refractivity contribution < 1.29 is 58.7 Å². The Morgan fingerprint density at radius 2 is 1.67 bits per heavy atom. The van der Waals surface area contributed by atoms with Gasteiger partial charge in [-0.3, -0.25) is 14.4 Å². The first-order valence-corrected chi connectivity index (χ1v) is 7.06. The van der Waals surface area contributed by atoms with Gasteiger partial charge in [-0.05, 0) is 0 Å². The highest BCUT2D eigenvalue weighted by Gasteiger charge is 2.29. The molecule has 0 aromatic carbocycles. The molecule has 2 aliphatic rings. The van der Waals surface area contributed by atoms with Gasteiger partial charge >= 0.3 is 35.8 Å². The standard InChI is InChI=1S/C5H6O4.C5H4O4.C5H6O4/c2*6-4-1-3(2-9-4)5(7)8;1-3(5(8)9)2-4(6)7/h3H,1-2H2,(H,7,8);1H,2H2,(H,7,8);1-2H2,(H,6,7)(H,8,9). The molecule has 148 valence electrons. The molecule has 0 amide bonds. The van der Waals surface area contributed by atoms with Crippen LogP contribution in [0, 0.1) is 5.92 Å². The van der Waals surface area contributed by atoms with Gasteiger partial charge in [0, 0.05) is 11.6 Å². The van der Waals surface area contributed by atoms with Gasteiger partial charge in [-0.15, -0.1) is 0 Å². The van der Waals surface area contributed by atoms with Crippen LogP contribution < -0.4 is 0 Å². The Hall–Kier alpha value is -3.70. The van der Waals surface area contributed by atoms with Crippen LogP contribution >= 0.6 is 0 Å². The van der Waals surface area contributed by atoms with Crippen LogP contribution in [0.4, 0.5) is 0 Å². The molecule has 2 aliphatic heterocycles. The van der Waals surface area contributed by atoms with Gasteiger partial charge in [-0.1, -0.05) is 6.58 Å². The zero-order valence-electron chi connectivity index (χ0n) is 13.7. The number of carboxylic acids is 4. The van der Waals surface area contributed by atoms with Crippen LogP contribution in [-0.4, -0.2) is 69.5 Å². The number of hydrogen-bond donors (Lipinski definition) is 4. The molecule has 2 heterocycles. The van der Waals surface area contributed by atoms with E-state index in [1.54, 1.807) is 0 Å². The molecule has 0 saturated carbocycles. The lowest BCUT2D eigenvalue weighted by Gasteiger charge is -1.93. The fourth-order valence-electron chi connectivity index (χ4n) is 1.43. The third-order valence-electron chi connectivity index (χ3n) is 2.81. The average molecular weight is 388 g/mol. The first kappa shape index (κ1) is 23.3. The van der Waals surface area contributed by atoms with Crippen LogP contribution in [0.2, 0.25) is 0 Å². The molecule has 1 unspecified atom stereocenters. The Labute approximate surface area is 151 Å². The average Bonchev–Trinajstić information content (AvgIpc) is 3.16. The summed E-state index contributed by atoms with van der Waals surface area (Å²) in [5.41, 5.74) is -0.289. The van der Waals surface area contributed by atoms with Crippen molar-refractivity contribution in [3.63, 3.8) is 0 Å². The molecule has 1 fully saturated rings. The van der Waals surface area contributed by atoms with E-state index in [0.29, 0.717) is 0 Å². The molecule has 4 N–H and O–H groups in total. The van der Waals surface area contributed by atoms with Crippen molar-refractivity contribution in [2.45, 2.75) is 12.8 Å². The number of ether oxygens (including phenoxy) is 2. The minimum atomic E-state index is -1.27. The van der Waals surface area contributed by atoms with E-state index in [1.807, 2.05) is 0 Å². The molecule has 0 aromatic heterocycles. The second-order valence-corrected chi connectivity index (χ2v) is 4.98. The highest BCUT2D eigenvalue weighted by atomic mass is 16.5. The minimum absolute atomic E-state index is 0.0139. The van der Waals surface area contributed by atoms with Crippen molar-refractivity contribution in [1.82, 2.24) is 0 Å². The lowest BCUT2D eigenvalue weighted by atomic mass is 10.1. The maximum atomic E-state index is 10.3. The van der Waals surface area contributed by atoms with Crippen molar-refractivity contribution in [3.05, 3.63) is 23.8 Å². The molecule has 12 nitrogen and oxygen atoms in total. The number of hydrogen-bond acceptors (Lipinski definition) is 8. The molecule has 12 heteroatoms. The number of carbonyl (C=O) groups excluding carboxylic acids is 2. The lowest BCUT2D eigenvalue weighted by molar-refractivity contribution is -0.142. The van der Waals surface area contributed by atoms with Crippen molar-refractivity contribution in [2.24, 2.45) is 5.92 Å². The fourth-order valence-corrected chi connectivity index (χ4v) is 1.43. The van der Waals surface area contributed by atoms with Gasteiger partial charge < -0.3 is 29.9 Å². The number of carbonyl (C=O) groups is 6. The van der Waals surface area contributed by atoms with Crippen LogP contribution in [0.3, 0.4) is 0 Å². The van der Waals surface area contributed by atoms with E-state index in [9.17, 15) is 28.8 Å². The van der Waals surface area contributed by atoms with E-state index < -0.39 is 48.2 Å². The predicted molar refractivity (Wildman–Crippen MR) is 82.4 cm³/mol. The topological polar surface area (TPSA) is 202 Å². The van der Waals surface area contributed by atoms with E-state index in [2.05, 4.69) is 16.1 Å². The largest absolute Gasteiger partial charge is 0.481 e. The van der Waals surface area contributed by atoms with Crippen LogP contribution in [0.25, 0.3) is 0 Å². The Morgan fingerprint density at radius 3 is 1.85 bits per heavy atom. The van der Waals surface area contributed by atoms with Gasteiger partial charge in [0.1, 0.15) is 19.1 Å². The van der Waals surface area contributed by atoms with Gasteiger partial charge in [0.05, 0.1) is 18.4 Å². The van der Waals surface area contributed by atoms with E-state index in [1.165, 1.54) is 0 Å². The Kier molecular flexibility index (Phi) is 9.51. The summed E-state index contributed by atoms with van der Waals surface area (Å²) in [6, 6.07) is 0. The summed E-state index contributed by atoms with van der Waals surface area (Å²) >= 11 is 0. The van der Waals surface area contributed by atoms with Crippen molar-refractivity contribution in [1.29, 1.82) is 0 Å². The van der Waals surface area contributed by atoms with Gasteiger partial charge in [0.15, 0.2) is 0 Å². The van der Waals surface area contributed by atoms with E-state index >= 15 is 0 Å².